The van der Waals surface area contributed by atoms with Crippen molar-refractivity contribution in [2.24, 2.45) is 17.6 Å². The number of nitrogens with zero attached hydrogens (tertiary/aromatic N) is 1. The Morgan fingerprint density at radius 1 is 1.56 bits per heavy atom. The molecule has 1 saturated carbocycles. The summed E-state index contributed by atoms with van der Waals surface area (Å²) in [6.45, 7) is 3.91. The van der Waals surface area contributed by atoms with Crippen LogP contribution in [0.1, 0.15) is 31.9 Å². The van der Waals surface area contributed by atoms with E-state index in [1.807, 2.05) is 24.0 Å². The Kier molecular flexibility index (Phi) is 4.42. The van der Waals surface area contributed by atoms with E-state index in [-0.39, 0.29) is 11.8 Å². The molecule has 2 rings (SSSR count). The molecule has 1 amide bonds. The van der Waals surface area contributed by atoms with Crippen LogP contribution in [0.4, 0.5) is 0 Å². The van der Waals surface area contributed by atoms with Gasteiger partial charge in [0.1, 0.15) is 5.76 Å². The topological polar surface area (TPSA) is 59.5 Å². The summed E-state index contributed by atoms with van der Waals surface area (Å²) in [6.07, 6.45) is 4.84. The molecule has 1 fully saturated rings. The van der Waals surface area contributed by atoms with Crippen LogP contribution in [0.15, 0.2) is 22.8 Å². The molecule has 100 valence electrons. The van der Waals surface area contributed by atoms with E-state index in [1.54, 1.807) is 6.26 Å². The first-order valence-corrected chi connectivity index (χ1v) is 6.77. The number of hydrogen-bond donors (Lipinski definition) is 1. The number of carbonyl (C=O) groups is 1. The lowest BCUT2D eigenvalue weighted by molar-refractivity contribution is -0.137. The SMILES string of the molecule is CCN(Cc1ccco1)C(=O)C1CCCC1CN. The van der Waals surface area contributed by atoms with Crippen LogP contribution < -0.4 is 5.73 Å². The van der Waals surface area contributed by atoms with Gasteiger partial charge in [-0.1, -0.05) is 6.42 Å². The summed E-state index contributed by atoms with van der Waals surface area (Å²) in [6, 6.07) is 3.76. The van der Waals surface area contributed by atoms with Gasteiger partial charge in [0.2, 0.25) is 5.91 Å². The molecule has 0 aliphatic heterocycles. The van der Waals surface area contributed by atoms with Crippen LogP contribution >= 0.6 is 0 Å². The summed E-state index contributed by atoms with van der Waals surface area (Å²) in [7, 11) is 0. The molecule has 4 heteroatoms. The van der Waals surface area contributed by atoms with E-state index >= 15 is 0 Å². The van der Waals surface area contributed by atoms with Crippen molar-refractivity contribution in [3.63, 3.8) is 0 Å². The van der Waals surface area contributed by atoms with Crippen LogP contribution in [-0.2, 0) is 11.3 Å². The Hall–Kier alpha value is -1.29. The summed E-state index contributed by atoms with van der Waals surface area (Å²) < 4.78 is 5.31. The molecular formula is C14H22N2O2. The summed E-state index contributed by atoms with van der Waals surface area (Å²) in [5, 5.41) is 0. The highest BCUT2D eigenvalue weighted by Gasteiger charge is 2.34. The first kappa shape index (κ1) is 13.1. The van der Waals surface area contributed by atoms with Gasteiger partial charge >= 0.3 is 0 Å². The minimum Gasteiger partial charge on any atom is -0.467 e. The van der Waals surface area contributed by atoms with Crippen molar-refractivity contribution < 1.29 is 9.21 Å². The van der Waals surface area contributed by atoms with Crippen molar-refractivity contribution >= 4 is 5.91 Å². The van der Waals surface area contributed by atoms with Crippen molar-refractivity contribution in [2.75, 3.05) is 13.1 Å². The average molecular weight is 250 g/mol. The minimum atomic E-state index is 0.116. The van der Waals surface area contributed by atoms with Gasteiger partial charge in [-0.15, -0.1) is 0 Å². The number of furan rings is 1. The van der Waals surface area contributed by atoms with Crippen LogP contribution in [0.2, 0.25) is 0 Å². The zero-order valence-corrected chi connectivity index (χ0v) is 11.0. The molecule has 18 heavy (non-hydrogen) atoms. The monoisotopic (exact) mass is 250 g/mol. The fraction of sp³-hybridized carbons (Fsp3) is 0.643. The molecule has 1 heterocycles. The summed E-state index contributed by atoms with van der Waals surface area (Å²) in [5.41, 5.74) is 5.75. The Bertz CT molecular complexity index is 375. The van der Waals surface area contributed by atoms with E-state index in [9.17, 15) is 4.79 Å². The predicted octanol–water partition coefficient (Wildman–Crippen LogP) is 2.00. The molecule has 2 atom stereocenters. The molecule has 1 aliphatic carbocycles. The second-order valence-corrected chi connectivity index (χ2v) is 4.96. The smallest absolute Gasteiger partial charge is 0.226 e. The van der Waals surface area contributed by atoms with E-state index in [0.29, 0.717) is 25.6 Å². The quantitative estimate of drug-likeness (QED) is 0.869. The highest BCUT2D eigenvalue weighted by molar-refractivity contribution is 5.79. The lowest BCUT2D eigenvalue weighted by Gasteiger charge is -2.26. The van der Waals surface area contributed by atoms with Crippen molar-refractivity contribution in [1.29, 1.82) is 0 Å². The number of hydrogen-bond acceptors (Lipinski definition) is 3. The minimum absolute atomic E-state index is 0.116. The average Bonchev–Trinajstić information content (AvgIpc) is 3.05. The van der Waals surface area contributed by atoms with Gasteiger partial charge in [-0.25, -0.2) is 0 Å². The Balaban J connectivity index is 2.01. The molecule has 2 unspecified atom stereocenters. The fourth-order valence-corrected chi connectivity index (χ4v) is 2.81. The molecule has 0 radical (unpaired) electrons. The van der Waals surface area contributed by atoms with Crippen molar-refractivity contribution in [3.8, 4) is 0 Å². The van der Waals surface area contributed by atoms with Gasteiger partial charge in [-0.2, -0.15) is 0 Å². The molecule has 1 aromatic rings. The van der Waals surface area contributed by atoms with E-state index in [4.69, 9.17) is 10.2 Å². The van der Waals surface area contributed by atoms with E-state index in [1.165, 1.54) is 0 Å². The molecule has 0 aromatic carbocycles. The molecule has 0 bridgehead atoms. The highest BCUT2D eigenvalue weighted by Crippen LogP contribution is 2.32. The van der Waals surface area contributed by atoms with Gasteiger partial charge in [-0.05, 0) is 44.4 Å². The van der Waals surface area contributed by atoms with Gasteiger partial charge < -0.3 is 15.1 Å². The van der Waals surface area contributed by atoms with Crippen molar-refractivity contribution in [1.82, 2.24) is 4.90 Å². The lowest BCUT2D eigenvalue weighted by atomic mass is 9.94. The Labute approximate surface area is 108 Å². The Morgan fingerprint density at radius 3 is 3.00 bits per heavy atom. The van der Waals surface area contributed by atoms with Crippen molar-refractivity contribution in [2.45, 2.75) is 32.7 Å². The van der Waals surface area contributed by atoms with Crippen LogP contribution in [0.5, 0.6) is 0 Å². The van der Waals surface area contributed by atoms with Gasteiger partial charge in [0.25, 0.3) is 0 Å². The molecular weight excluding hydrogens is 228 g/mol. The van der Waals surface area contributed by atoms with Crippen LogP contribution in [0.3, 0.4) is 0 Å². The second-order valence-electron chi connectivity index (χ2n) is 4.96. The Morgan fingerprint density at radius 2 is 2.39 bits per heavy atom. The van der Waals surface area contributed by atoms with Gasteiger partial charge in [0, 0.05) is 12.5 Å². The molecule has 0 saturated heterocycles. The maximum atomic E-state index is 12.5. The molecule has 4 nitrogen and oxygen atoms in total. The maximum absolute atomic E-state index is 12.5. The van der Waals surface area contributed by atoms with Crippen LogP contribution in [-0.4, -0.2) is 23.9 Å². The summed E-state index contributed by atoms with van der Waals surface area (Å²) in [4.78, 5) is 14.4. The first-order valence-electron chi connectivity index (χ1n) is 6.77. The predicted molar refractivity (Wildman–Crippen MR) is 69.7 cm³/mol. The molecule has 2 N–H and O–H groups in total. The zero-order valence-electron chi connectivity index (χ0n) is 11.0. The standard InChI is InChI=1S/C14H22N2O2/c1-2-16(10-12-6-4-8-18-12)14(17)13-7-3-5-11(13)9-15/h4,6,8,11,13H,2-3,5,7,9-10,15H2,1H3. The normalized spacial score (nSPS) is 23.2. The third kappa shape index (κ3) is 2.75. The largest absolute Gasteiger partial charge is 0.467 e. The van der Waals surface area contributed by atoms with E-state index in [2.05, 4.69) is 0 Å². The van der Waals surface area contributed by atoms with Gasteiger partial charge in [-0.3, -0.25) is 4.79 Å². The van der Waals surface area contributed by atoms with Crippen molar-refractivity contribution in [3.05, 3.63) is 24.2 Å². The van der Waals surface area contributed by atoms with E-state index in [0.717, 1.165) is 25.0 Å². The molecule has 1 aliphatic rings. The third-order valence-electron chi connectivity index (χ3n) is 3.90. The maximum Gasteiger partial charge on any atom is 0.226 e. The lowest BCUT2D eigenvalue weighted by Crippen LogP contribution is -2.38. The van der Waals surface area contributed by atoms with Gasteiger partial charge in [0.15, 0.2) is 0 Å². The first-order chi connectivity index (χ1) is 8.76. The van der Waals surface area contributed by atoms with Crippen LogP contribution in [0, 0.1) is 11.8 Å². The summed E-state index contributed by atoms with van der Waals surface area (Å²) in [5.74, 6) is 1.56. The number of nitrogens with two attached hydrogens (primary N) is 1. The van der Waals surface area contributed by atoms with Crippen LogP contribution in [0.25, 0.3) is 0 Å². The third-order valence-corrected chi connectivity index (χ3v) is 3.90. The van der Waals surface area contributed by atoms with Gasteiger partial charge in [0.05, 0.1) is 12.8 Å². The van der Waals surface area contributed by atoms with E-state index < -0.39 is 0 Å². The number of carbonyl (C=O) groups excluding carboxylic acids is 1. The zero-order chi connectivity index (χ0) is 13.0. The number of amides is 1. The summed E-state index contributed by atoms with van der Waals surface area (Å²) >= 11 is 0. The highest BCUT2D eigenvalue weighted by atomic mass is 16.3. The number of rotatable bonds is 5. The molecule has 0 spiro atoms. The molecule has 1 aromatic heterocycles. The second kappa shape index (κ2) is 6.05. The fourth-order valence-electron chi connectivity index (χ4n) is 2.81.